The largest absolute Gasteiger partial charge is 0.361 e. The molecule has 0 aliphatic carbocycles. The molecular weight excluding hydrogens is 264 g/mol. The van der Waals surface area contributed by atoms with Gasteiger partial charge in [0, 0.05) is 28.0 Å². The molecule has 0 spiro atoms. The highest BCUT2D eigenvalue weighted by Crippen LogP contribution is 2.22. The van der Waals surface area contributed by atoms with Crippen LogP contribution in [0.5, 0.6) is 0 Å². The lowest BCUT2D eigenvalue weighted by Crippen LogP contribution is -2.12. The van der Waals surface area contributed by atoms with E-state index in [2.05, 4.69) is 20.5 Å². The molecule has 5 nitrogen and oxygen atoms in total. The van der Waals surface area contributed by atoms with Crippen molar-refractivity contribution in [2.45, 2.75) is 0 Å². The number of aromatic amines is 2. The summed E-state index contributed by atoms with van der Waals surface area (Å²) in [5, 5.41) is 11.8. The lowest BCUT2D eigenvalue weighted by Gasteiger charge is -2.06. The third-order valence-electron chi connectivity index (χ3n) is 3.54. The molecule has 0 saturated heterocycles. The molecule has 0 aliphatic heterocycles. The Morgan fingerprint density at radius 1 is 1.10 bits per heavy atom. The van der Waals surface area contributed by atoms with Crippen molar-refractivity contribution in [1.29, 1.82) is 0 Å². The highest BCUT2D eigenvalue weighted by atomic mass is 16.1. The Bertz CT molecular complexity index is 951. The van der Waals surface area contributed by atoms with E-state index in [1.165, 1.54) is 0 Å². The average Bonchev–Trinajstić information content (AvgIpc) is 3.15. The number of aromatic nitrogens is 3. The van der Waals surface area contributed by atoms with Crippen LogP contribution in [0.15, 0.2) is 54.9 Å². The van der Waals surface area contributed by atoms with Gasteiger partial charge in [-0.1, -0.05) is 12.1 Å². The summed E-state index contributed by atoms with van der Waals surface area (Å²) in [5.74, 6) is -0.139. The van der Waals surface area contributed by atoms with Gasteiger partial charge in [-0.15, -0.1) is 0 Å². The molecule has 5 heteroatoms. The summed E-state index contributed by atoms with van der Waals surface area (Å²) < 4.78 is 0. The van der Waals surface area contributed by atoms with Gasteiger partial charge in [-0.3, -0.25) is 9.89 Å². The van der Waals surface area contributed by atoms with Crippen LogP contribution in [0, 0.1) is 0 Å². The third-order valence-corrected chi connectivity index (χ3v) is 3.54. The summed E-state index contributed by atoms with van der Waals surface area (Å²) in [6.07, 6.45) is 3.59. The second-order valence-corrected chi connectivity index (χ2v) is 4.87. The van der Waals surface area contributed by atoms with Gasteiger partial charge in [0.15, 0.2) is 0 Å². The Labute approximate surface area is 120 Å². The first-order valence-electron chi connectivity index (χ1n) is 6.62. The fraction of sp³-hybridized carbons (Fsp3) is 0. The van der Waals surface area contributed by atoms with Crippen LogP contribution in [0.3, 0.4) is 0 Å². The van der Waals surface area contributed by atoms with Gasteiger partial charge in [0.25, 0.3) is 5.91 Å². The van der Waals surface area contributed by atoms with Gasteiger partial charge in [0.05, 0.1) is 17.4 Å². The molecule has 0 fully saturated rings. The Balaban J connectivity index is 1.70. The number of benzene rings is 2. The van der Waals surface area contributed by atoms with Gasteiger partial charge in [0.2, 0.25) is 0 Å². The van der Waals surface area contributed by atoms with Gasteiger partial charge >= 0.3 is 0 Å². The van der Waals surface area contributed by atoms with Crippen molar-refractivity contribution in [1.82, 2.24) is 15.2 Å². The van der Waals surface area contributed by atoms with Gasteiger partial charge in [-0.25, -0.2) is 0 Å². The van der Waals surface area contributed by atoms with Crippen molar-refractivity contribution in [3.63, 3.8) is 0 Å². The Morgan fingerprint density at radius 3 is 3.00 bits per heavy atom. The predicted molar refractivity (Wildman–Crippen MR) is 82.3 cm³/mol. The molecule has 0 unspecified atom stereocenters. The number of carbonyl (C=O) groups excluding carboxylic acids is 1. The van der Waals surface area contributed by atoms with Crippen LogP contribution in [0.2, 0.25) is 0 Å². The standard InChI is InChI=1S/C16H12N4O/c21-16(11-4-5-13-10(8-11)6-7-17-13)19-14-3-1-2-12-9-18-20-15(12)14/h1-9,17H,(H,18,20)(H,19,21). The minimum absolute atomic E-state index is 0.139. The van der Waals surface area contributed by atoms with E-state index < -0.39 is 0 Å². The predicted octanol–water partition coefficient (Wildman–Crippen LogP) is 3.30. The molecule has 0 aliphatic rings. The van der Waals surface area contributed by atoms with Crippen LogP contribution in [-0.2, 0) is 0 Å². The maximum atomic E-state index is 12.4. The first-order chi connectivity index (χ1) is 10.3. The van der Waals surface area contributed by atoms with E-state index in [1.54, 1.807) is 12.3 Å². The quantitative estimate of drug-likeness (QED) is 0.525. The molecule has 0 atom stereocenters. The van der Waals surface area contributed by atoms with E-state index in [-0.39, 0.29) is 5.91 Å². The molecule has 2 aromatic heterocycles. The lowest BCUT2D eigenvalue weighted by atomic mass is 10.1. The highest BCUT2D eigenvalue weighted by molar-refractivity contribution is 6.09. The second kappa shape index (κ2) is 4.49. The Morgan fingerprint density at radius 2 is 2.05 bits per heavy atom. The number of amides is 1. The summed E-state index contributed by atoms with van der Waals surface area (Å²) in [6.45, 7) is 0. The zero-order valence-corrected chi connectivity index (χ0v) is 11.1. The number of carbonyl (C=O) groups is 1. The Hall–Kier alpha value is -3.08. The minimum Gasteiger partial charge on any atom is -0.361 e. The van der Waals surface area contributed by atoms with E-state index >= 15 is 0 Å². The fourth-order valence-corrected chi connectivity index (χ4v) is 2.46. The fourth-order valence-electron chi connectivity index (χ4n) is 2.46. The molecule has 2 heterocycles. The van der Waals surface area contributed by atoms with Crippen molar-refractivity contribution in [3.8, 4) is 0 Å². The number of rotatable bonds is 2. The van der Waals surface area contributed by atoms with Crippen LogP contribution in [0.25, 0.3) is 21.8 Å². The molecule has 2 aromatic carbocycles. The van der Waals surface area contributed by atoms with Crippen LogP contribution < -0.4 is 5.32 Å². The van der Waals surface area contributed by atoms with Crippen molar-refractivity contribution in [2.75, 3.05) is 5.32 Å². The summed E-state index contributed by atoms with van der Waals surface area (Å²) in [6, 6.07) is 13.2. The van der Waals surface area contributed by atoms with Crippen LogP contribution in [0.1, 0.15) is 10.4 Å². The number of anilines is 1. The van der Waals surface area contributed by atoms with Crippen LogP contribution in [0.4, 0.5) is 5.69 Å². The van der Waals surface area contributed by atoms with Crippen molar-refractivity contribution in [3.05, 3.63) is 60.4 Å². The second-order valence-electron chi connectivity index (χ2n) is 4.87. The first kappa shape index (κ1) is 11.7. The topological polar surface area (TPSA) is 73.6 Å². The summed E-state index contributed by atoms with van der Waals surface area (Å²) in [7, 11) is 0. The van der Waals surface area contributed by atoms with Crippen LogP contribution >= 0.6 is 0 Å². The molecule has 0 bridgehead atoms. The van der Waals surface area contributed by atoms with Gasteiger partial charge in [0.1, 0.15) is 0 Å². The monoisotopic (exact) mass is 276 g/mol. The SMILES string of the molecule is O=C(Nc1cccc2cn[nH]c12)c1ccc2[nH]ccc2c1. The number of nitrogens with zero attached hydrogens (tertiary/aromatic N) is 1. The van der Waals surface area contributed by atoms with E-state index in [0.29, 0.717) is 5.56 Å². The number of H-pyrrole nitrogens is 2. The van der Waals surface area contributed by atoms with E-state index in [0.717, 1.165) is 27.5 Å². The van der Waals surface area contributed by atoms with E-state index in [9.17, 15) is 4.79 Å². The average molecular weight is 276 g/mol. The first-order valence-corrected chi connectivity index (χ1v) is 6.62. The smallest absolute Gasteiger partial charge is 0.255 e. The molecule has 102 valence electrons. The number of para-hydroxylation sites is 1. The third kappa shape index (κ3) is 1.95. The van der Waals surface area contributed by atoms with Crippen molar-refractivity contribution >= 4 is 33.4 Å². The number of fused-ring (bicyclic) bond motifs is 2. The van der Waals surface area contributed by atoms with Crippen LogP contribution in [-0.4, -0.2) is 21.1 Å². The maximum Gasteiger partial charge on any atom is 0.255 e. The van der Waals surface area contributed by atoms with Gasteiger partial charge in [-0.05, 0) is 30.3 Å². The molecule has 21 heavy (non-hydrogen) atoms. The van der Waals surface area contributed by atoms with Gasteiger partial charge in [-0.2, -0.15) is 5.10 Å². The lowest BCUT2D eigenvalue weighted by molar-refractivity contribution is 0.102. The number of hydrogen-bond acceptors (Lipinski definition) is 2. The van der Waals surface area contributed by atoms with Gasteiger partial charge < -0.3 is 10.3 Å². The van der Waals surface area contributed by atoms with E-state index in [4.69, 9.17) is 0 Å². The normalized spacial score (nSPS) is 11.0. The van der Waals surface area contributed by atoms with Crippen molar-refractivity contribution in [2.24, 2.45) is 0 Å². The van der Waals surface area contributed by atoms with Crippen molar-refractivity contribution < 1.29 is 4.79 Å². The molecule has 4 rings (SSSR count). The highest BCUT2D eigenvalue weighted by Gasteiger charge is 2.10. The minimum atomic E-state index is -0.139. The molecule has 1 amide bonds. The molecular formula is C16H12N4O. The zero-order chi connectivity index (χ0) is 14.2. The molecule has 0 saturated carbocycles. The Kier molecular flexibility index (Phi) is 2.50. The molecule has 4 aromatic rings. The van der Waals surface area contributed by atoms with E-state index in [1.807, 2.05) is 42.6 Å². The molecule has 3 N–H and O–H groups in total. The maximum absolute atomic E-state index is 12.4. The number of hydrogen-bond donors (Lipinski definition) is 3. The zero-order valence-electron chi connectivity index (χ0n) is 11.1. The summed E-state index contributed by atoms with van der Waals surface area (Å²) >= 11 is 0. The molecule has 0 radical (unpaired) electrons. The summed E-state index contributed by atoms with van der Waals surface area (Å²) in [4.78, 5) is 15.5. The number of nitrogens with one attached hydrogen (secondary N) is 3. The summed E-state index contributed by atoms with van der Waals surface area (Å²) in [5.41, 5.74) is 3.19.